The lowest BCUT2D eigenvalue weighted by molar-refractivity contribution is -0.145. The first-order chi connectivity index (χ1) is 14.1. The summed E-state index contributed by atoms with van der Waals surface area (Å²) in [5.74, 6) is -3.27. The lowest BCUT2D eigenvalue weighted by Crippen LogP contribution is -2.57. The summed E-state index contributed by atoms with van der Waals surface area (Å²) >= 11 is 5.67. The van der Waals surface area contributed by atoms with Crippen molar-refractivity contribution in [3.8, 4) is 0 Å². The van der Waals surface area contributed by atoms with Crippen LogP contribution in [0.2, 0.25) is 0 Å². The van der Waals surface area contributed by atoms with Gasteiger partial charge in [0, 0.05) is 12.3 Å². The van der Waals surface area contributed by atoms with E-state index in [1.54, 1.807) is 11.8 Å². The molecule has 4 unspecified atom stereocenters. The van der Waals surface area contributed by atoms with E-state index in [-0.39, 0.29) is 12.3 Å². The number of carbonyl (C=O) groups excluding carboxylic acids is 4. The highest BCUT2D eigenvalue weighted by atomic mass is 32.2. The first kappa shape index (κ1) is 26.0. The van der Waals surface area contributed by atoms with Crippen LogP contribution in [0.4, 0.5) is 0 Å². The number of nitrogens with one attached hydrogen (secondary N) is 2. The molecule has 1 aliphatic heterocycles. The van der Waals surface area contributed by atoms with Gasteiger partial charge < -0.3 is 32.1 Å². The van der Waals surface area contributed by atoms with E-state index in [1.165, 1.54) is 4.90 Å². The van der Waals surface area contributed by atoms with Gasteiger partial charge in [0.05, 0.1) is 12.5 Å². The maximum Gasteiger partial charge on any atom is 0.326 e. The highest BCUT2D eigenvalue weighted by molar-refractivity contribution is 7.98. The molecule has 0 aromatic heterocycles. The van der Waals surface area contributed by atoms with E-state index in [0.717, 1.165) is 0 Å². The number of nitrogens with two attached hydrogens (primary N) is 2. The number of hydrogen-bond acceptors (Lipinski definition) is 8. The predicted molar refractivity (Wildman–Crippen MR) is 115 cm³/mol. The van der Waals surface area contributed by atoms with Gasteiger partial charge in [-0.25, -0.2) is 4.79 Å². The molecule has 13 heteroatoms. The molecule has 30 heavy (non-hydrogen) atoms. The average Bonchev–Trinajstić information content (AvgIpc) is 3.18. The van der Waals surface area contributed by atoms with Gasteiger partial charge in [0.1, 0.15) is 18.1 Å². The smallest absolute Gasteiger partial charge is 0.326 e. The van der Waals surface area contributed by atoms with E-state index >= 15 is 0 Å². The highest BCUT2D eigenvalue weighted by Crippen LogP contribution is 2.19. The fraction of sp³-hybridized carbons (Fsp3) is 0.706. The molecule has 0 radical (unpaired) electrons. The van der Waals surface area contributed by atoms with Crippen LogP contribution < -0.4 is 22.1 Å². The number of thiol groups is 1. The maximum absolute atomic E-state index is 12.9. The van der Waals surface area contributed by atoms with Gasteiger partial charge in [0.25, 0.3) is 0 Å². The number of thioether (sulfide) groups is 1. The van der Waals surface area contributed by atoms with Gasteiger partial charge in [0.2, 0.25) is 23.6 Å². The number of nitrogens with zero attached hydrogens (tertiary/aromatic N) is 1. The normalized spacial score (nSPS) is 18.9. The van der Waals surface area contributed by atoms with Crippen LogP contribution >= 0.6 is 24.4 Å². The zero-order valence-corrected chi connectivity index (χ0v) is 18.4. The Kier molecular flexibility index (Phi) is 11.0. The van der Waals surface area contributed by atoms with Crippen molar-refractivity contribution < 1.29 is 29.1 Å². The van der Waals surface area contributed by atoms with E-state index in [2.05, 4.69) is 23.3 Å². The Morgan fingerprint density at radius 2 is 1.90 bits per heavy atom. The summed E-state index contributed by atoms with van der Waals surface area (Å²) < 4.78 is 0. The van der Waals surface area contributed by atoms with Crippen molar-refractivity contribution in [1.82, 2.24) is 15.5 Å². The number of aliphatic carboxylic acids is 1. The number of amides is 4. The monoisotopic (exact) mass is 463 g/mol. The number of rotatable bonds is 12. The molecule has 1 rings (SSSR count). The molecule has 0 spiro atoms. The molecule has 1 fully saturated rings. The fourth-order valence-electron chi connectivity index (χ4n) is 3.01. The van der Waals surface area contributed by atoms with E-state index in [1.807, 2.05) is 6.26 Å². The van der Waals surface area contributed by atoms with E-state index in [4.69, 9.17) is 16.6 Å². The average molecular weight is 464 g/mol. The first-order valence-electron chi connectivity index (χ1n) is 9.40. The Morgan fingerprint density at radius 3 is 2.43 bits per heavy atom. The van der Waals surface area contributed by atoms with Crippen LogP contribution in [0.3, 0.4) is 0 Å². The van der Waals surface area contributed by atoms with Gasteiger partial charge in [-0.15, -0.1) is 0 Å². The lowest BCUT2D eigenvalue weighted by Gasteiger charge is -2.29. The zero-order chi connectivity index (χ0) is 22.8. The second kappa shape index (κ2) is 12.6. The van der Waals surface area contributed by atoms with Gasteiger partial charge in [-0.1, -0.05) is 0 Å². The minimum Gasteiger partial charge on any atom is -0.480 e. The van der Waals surface area contributed by atoms with Crippen LogP contribution in [0.5, 0.6) is 0 Å². The van der Waals surface area contributed by atoms with Gasteiger partial charge in [-0.2, -0.15) is 24.4 Å². The minimum absolute atomic E-state index is 0.00405. The van der Waals surface area contributed by atoms with Crippen LogP contribution in [0.25, 0.3) is 0 Å². The third kappa shape index (κ3) is 7.69. The van der Waals surface area contributed by atoms with Crippen molar-refractivity contribution in [2.75, 3.05) is 24.3 Å². The van der Waals surface area contributed by atoms with Crippen molar-refractivity contribution >= 4 is 54.0 Å². The Labute approximate surface area is 184 Å². The molecule has 4 atom stereocenters. The summed E-state index contributed by atoms with van der Waals surface area (Å²) in [5.41, 5.74) is 10.8. The van der Waals surface area contributed by atoms with Crippen LogP contribution in [0.15, 0.2) is 0 Å². The summed E-state index contributed by atoms with van der Waals surface area (Å²) in [4.78, 5) is 61.3. The predicted octanol–water partition coefficient (Wildman–Crippen LogP) is -2.08. The van der Waals surface area contributed by atoms with Crippen molar-refractivity contribution in [1.29, 1.82) is 0 Å². The standard InChI is InChI=1S/C17H29N5O6S2/c1-30-6-4-9(18)14(24)21-11(8-29)16(26)22-5-2-3-12(22)15(25)20-10(17(27)28)7-13(19)23/h9-12,29H,2-8,18H2,1H3,(H2,19,23)(H,20,25)(H,21,24)(H,27,28). The number of likely N-dealkylation sites (tertiary alicyclic amines) is 1. The largest absolute Gasteiger partial charge is 0.480 e. The Morgan fingerprint density at radius 1 is 1.23 bits per heavy atom. The van der Waals surface area contributed by atoms with Gasteiger partial charge in [-0.3, -0.25) is 19.2 Å². The molecule has 0 aromatic carbocycles. The van der Waals surface area contributed by atoms with Crippen molar-refractivity contribution in [3.05, 3.63) is 0 Å². The quantitative estimate of drug-likeness (QED) is 0.178. The van der Waals surface area contributed by atoms with E-state index in [0.29, 0.717) is 25.0 Å². The van der Waals surface area contributed by atoms with Crippen LogP contribution in [-0.4, -0.2) is 88.1 Å². The number of primary amides is 1. The molecule has 11 nitrogen and oxygen atoms in total. The van der Waals surface area contributed by atoms with Gasteiger partial charge >= 0.3 is 5.97 Å². The summed E-state index contributed by atoms with van der Waals surface area (Å²) in [7, 11) is 0. The van der Waals surface area contributed by atoms with E-state index in [9.17, 15) is 24.0 Å². The molecule has 0 saturated carbocycles. The van der Waals surface area contributed by atoms with Crippen molar-refractivity contribution in [2.45, 2.75) is 49.9 Å². The van der Waals surface area contributed by atoms with Crippen LogP contribution in [0, 0.1) is 0 Å². The SMILES string of the molecule is CSCCC(N)C(=O)NC(CS)C(=O)N1CCCC1C(=O)NC(CC(N)=O)C(=O)O. The Balaban J connectivity index is 2.81. The topological polar surface area (TPSA) is 185 Å². The van der Waals surface area contributed by atoms with Crippen LogP contribution in [-0.2, 0) is 24.0 Å². The third-order valence-electron chi connectivity index (χ3n) is 4.63. The molecular weight excluding hydrogens is 434 g/mol. The Bertz CT molecular complexity index is 665. The second-order valence-electron chi connectivity index (χ2n) is 6.89. The summed E-state index contributed by atoms with van der Waals surface area (Å²) in [6.07, 6.45) is 2.62. The third-order valence-corrected chi connectivity index (χ3v) is 5.63. The molecule has 0 bridgehead atoms. The molecule has 7 N–H and O–H groups in total. The molecule has 1 heterocycles. The van der Waals surface area contributed by atoms with Crippen LogP contribution in [0.1, 0.15) is 25.7 Å². The number of carbonyl (C=O) groups is 5. The minimum atomic E-state index is -1.48. The molecule has 1 aliphatic rings. The molecule has 4 amide bonds. The highest BCUT2D eigenvalue weighted by Gasteiger charge is 2.39. The maximum atomic E-state index is 12.9. The molecule has 0 aliphatic carbocycles. The van der Waals surface area contributed by atoms with Crippen molar-refractivity contribution in [2.24, 2.45) is 11.5 Å². The number of hydrogen-bond donors (Lipinski definition) is 6. The summed E-state index contributed by atoms with van der Waals surface area (Å²) in [6.45, 7) is 0.267. The summed E-state index contributed by atoms with van der Waals surface area (Å²) in [5, 5.41) is 14.0. The molecule has 1 saturated heterocycles. The number of carboxylic acids is 1. The molecule has 170 valence electrons. The fourth-order valence-corrected chi connectivity index (χ4v) is 3.75. The van der Waals surface area contributed by atoms with Crippen molar-refractivity contribution in [3.63, 3.8) is 0 Å². The number of carboxylic acid groups (broad SMARTS) is 1. The Hall–Kier alpha value is -1.99. The zero-order valence-electron chi connectivity index (χ0n) is 16.7. The molecule has 0 aromatic rings. The van der Waals surface area contributed by atoms with E-state index < -0.39 is 60.2 Å². The summed E-state index contributed by atoms with van der Waals surface area (Å²) in [6, 6.07) is -4.15. The second-order valence-corrected chi connectivity index (χ2v) is 8.24. The molecular formula is C17H29N5O6S2. The first-order valence-corrected chi connectivity index (χ1v) is 11.4. The lowest BCUT2D eigenvalue weighted by atomic mass is 10.1. The van der Waals surface area contributed by atoms with Gasteiger partial charge in [-0.05, 0) is 31.3 Å². The van der Waals surface area contributed by atoms with Gasteiger partial charge in [0.15, 0.2) is 0 Å².